The molecule has 2 saturated heterocycles. The van der Waals surface area contributed by atoms with E-state index >= 15 is 0 Å². The van der Waals surface area contributed by atoms with Crippen molar-refractivity contribution in [2.75, 3.05) is 45.2 Å². The van der Waals surface area contributed by atoms with Gasteiger partial charge in [-0.3, -0.25) is 9.59 Å². The molecule has 0 N–H and O–H groups in total. The standard InChI is InChI=1S/C23H22Cl2N6O3/c1-26-16-6-4-15(5-7-16)12-23-14-29(20(32)13-28(2)3)8-9-30(23)22(34)31(21(23)33)17-10-18(24)27-19(25)11-17/h4-7,10-11H,8-9,12-14H2,2-3H3. The van der Waals surface area contributed by atoms with Gasteiger partial charge < -0.3 is 14.7 Å². The van der Waals surface area contributed by atoms with E-state index in [1.807, 2.05) is 0 Å². The van der Waals surface area contributed by atoms with Gasteiger partial charge in [0.2, 0.25) is 5.91 Å². The third-order valence-electron chi connectivity index (χ3n) is 5.96. The van der Waals surface area contributed by atoms with Crippen LogP contribution in [0.4, 0.5) is 16.2 Å². The number of rotatable bonds is 5. The molecule has 3 heterocycles. The summed E-state index contributed by atoms with van der Waals surface area (Å²) >= 11 is 12.1. The number of carbonyl (C=O) groups is 3. The molecule has 2 aromatic rings. The average Bonchev–Trinajstić information content (AvgIpc) is 2.99. The highest BCUT2D eigenvalue weighted by Gasteiger charge is 2.60. The maximum atomic E-state index is 14.0. The van der Waals surface area contributed by atoms with Gasteiger partial charge in [-0.05, 0) is 31.8 Å². The largest absolute Gasteiger partial charge is 0.337 e. The van der Waals surface area contributed by atoms with E-state index in [2.05, 4.69) is 9.83 Å². The van der Waals surface area contributed by atoms with E-state index in [0.29, 0.717) is 12.2 Å². The van der Waals surface area contributed by atoms with Gasteiger partial charge >= 0.3 is 6.03 Å². The van der Waals surface area contributed by atoms with Crippen LogP contribution in [-0.4, -0.2) is 83.3 Å². The second-order valence-corrected chi connectivity index (χ2v) is 9.36. The molecule has 0 bridgehead atoms. The zero-order valence-corrected chi connectivity index (χ0v) is 20.2. The first-order chi connectivity index (χ1) is 16.1. The maximum absolute atomic E-state index is 14.0. The number of likely N-dealkylation sites (N-methyl/N-ethyl adjacent to an activating group) is 1. The quantitative estimate of drug-likeness (QED) is 0.358. The average molecular weight is 501 g/mol. The molecule has 1 aromatic heterocycles. The third kappa shape index (κ3) is 4.32. The second-order valence-electron chi connectivity index (χ2n) is 8.59. The van der Waals surface area contributed by atoms with Crippen LogP contribution in [0.15, 0.2) is 36.4 Å². The minimum atomic E-state index is -1.31. The molecule has 11 heteroatoms. The van der Waals surface area contributed by atoms with Crippen molar-refractivity contribution in [2.45, 2.75) is 12.0 Å². The Bertz CT molecular complexity index is 1180. The van der Waals surface area contributed by atoms with E-state index in [4.69, 9.17) is 29.8 Å². The Hall–Kier alpha value is -3.19. The van der Waals surface area contributed by atoms with Crippen molar-refractivity contribution in [2.24, 2.45) is 0 Å². The fourth-order valence-corrected chi connectivity index (χ4v) is 4.89. The lowest BCUT2D eigenvalue weighted by Crippen LogP contribution is -2.65. The zero-order valence-electron chi connectivity index (χ0n) is 18.7. The maximum Gasteiger partial charge on any atom is 0.332 e. The van der Waals surface area contributed by atoms with Gasteiger partial charge in [-0.1, -0.05) is 47.5 Å². The van der Waals surface area contributed by atoms with Crippen molar-refractivity contribution in [3.8, 4) is 0 Å². The second kappa shape index (κ2) is 9.22. The number of urea groups is 1. The fourth-order valence-electron chi connectivity index (χ4n) is 4.44. The number of carbonyl (C=O) groups excluding carboxylic acids is 3. The minimum Gasteiger partial charge on any atom is -0.337 e. The number of fused-ring (bicyclic) bond motifs is 1. The van der Waals surface area contributed by atoms with Crippen LogP contribution in [0.2, 0.25) is 10.3 Å². The Labute approximate surface area is 207 Å². The van der Waals surface area contributed by atoms with E-state index in [0.717, 1.165) is 10.5 Å². The molecule has 1 atom stereocenters. The van der Waals surface area contributed by atoms with Crippen molar-refractivity contribution < 1.29 is 14.4 Å². The van der Waals surface area contributed by atoms with Gasteiger partial charge in [0.15, 0.2) is 5.69 Å². The van der Waals surface area contributed by atoms with Crippen LogP contribution in [0.3, 0.4) is 0 Å². The summed E-state index contributed by atoms with van der Waals surface area (Å²) in [5.41, 5.74) is 0.163. The molecule has 9 nitrogen and oxygen atoms in total. The van der Waals surface area contributed by atoms with E-state index < -0.39 is 17.5 Å². The number of anilines is 1. The van der Waals surface area contributed by atoms with E-state index in [1.165, 1.54) is 17.0 Å². The lowest BCUT2D eigenvalue weighted by molar-refractivity contribution is -0.139. The highest BCUT2D eigenvalue weighted by molar-refractivity contribution is 6.33. The Morgan fingerprint density at radius 3 is 2.38 bits per heavy atom. The number of pyridine rings is 1. The van der Waals surface area contributed by atoms with Crippen molar-refractivity contribution >= 4 is 52.4 Å². The molecule has 1 unspecified atom stereocenters. The van der Waals surface area contributed by atoms with Gasteiger partial charge in [-0.2, -0.15) is 0 Å². The van der Waals surface area contributed by atoms with Crippen LogP contribution in [0.1, 0.15) is 5.56 Å². The molecular formula is C23H22Cl2N6O3. The molecule has 0 radical (unpaired) electrons. The molecule has 2 aliphatic heterocycles. The lowest BCUT2D eigenvalue weighted by Gasteiger charge is -2.44. The van der Waals surface area contributed by atoms with Crippen molar-refractivity contribution in [3.63, 3.8) is 0 Å². The van der Waals surface area contributed by atoms with Crippen LogP contribution in [-0.2, 0) is 16.0 Å². The molecule has 4 rings (SSSR count). The van der Waals surface area contributed by atoms with Crippen LogP contribution in [0.25, 0.3) is 4.85 Å². The molecule has 2 fully saturated rings. The molecule has 0 saturated carbocycles. The number of hydrogen-bond acceptors (Lipinski definition) is 5. The fraction of sp³-hybridized carbons (Fsp3) is 0.348. The molecule has 4 amide bonds. The van der Waals surface area contributed by atoms with Gasteiger partial charge in [-0.25, -0.2) is 19.5 Å². The monoisotopic (exact) mass is 500 g/mol. The van der Waals surface area contributed by atoms with E-state index in [1.54, 1.807) is 48.2 Å². The summed E-state index contributed by atoms with van der Waals surface area (Å²) in [4.78, 5) is 53.6. The highest BCUT2D eigenvalue weighted by Crippen LogP contribution is 2.39. The molecule has 0 spiro atoms. The normalized spacial score (nSPS) is 20.1. The zero-order chi connectivity index (χ0) is 24.6. The summed E-state index contributed by atoms with van der Waals surface area (Å²) in [6.45, 7) is 7.93. The molecule has 1 aromatic carbocycles. The van der Waals surface area contributed by atoms with Gasteiger partial charge in [0.1, 0.15) is 15.8 Å². The lowest BCUT2D eigenvalue weighted by atomic mass is 9.86. The van der Waals surface area contributed by atoms with Gasteiger partial charge in [-0.15, -0.1) is 0 Å². The summed E-state index contributed by atoms with van der Waals surface area (Å²) in [5.74, 6) is -0.589. The van der Waals surface area contributed by atoms with E-state index in [-0.39, 0.29) is 48.0 Å². The van der Waals surface area contributed by atoms with Gasteiger partial charge in [0.05, 0.1) is 25.3 Å². The van der Waals surface area contributed by atoms with Gasteiger partial charge in [0.25, 0.3) is 5.91 Å². The number of aromatic nitrogens is 1. The third-order valence-corrected chi connectivity index (χ3v) is 6.35. The van der Waals surface area contributed by atoms with Crippen LogP contribution in [0, 0.1) is 6.57 Å². The number of halogens is 2. The summed E-state index contributed by atoms with van der Waals surface area (Å²) in [5, 5.41) is 0.110. The minimum absolute atomic E-state index is 0.0534. The van der Waals surface area contributed by atoms with E-state index in [9.17, 15) is 14.4 Å². The molecular weight excluding hydrogens is 479 g/mol. The topological polar surface area (TPSA) is 81.4 Å². The van der Waals surface area contributed by atoms with Crippen LogP contribution in [0.5, 0.6) is 0 Å². The number of piperazine rings is 1. The molecule has 34 heavy (non-hydrogen) atoms. The SMILES string of the molecule is [C-]#[N+]c1ccc(CC23CN(C(=O)CN(C)C)CCN2C(=O)N(c2cc(Cl)nc(Cl)c2)C3=O)cc1. The van der Waals surface area contributed by atoms with Gasteiger partial charge in [0, 0.05) is 19.5 Å². The van der Waals surface area contributed by atoms with Crippen LogP contribution < -0.4 is 4.90 Å². The van der Waals surface area contributed by atoms with Crippen molar-refractivity contribution in [1.29, 1.82) is 0 Å². The molecule has 176 valence electrons. The number of benzene rings is 1. The van der Waals surface area contributed by atoms with Crippen LogP contribution >= 0.6 is 23.2 Å². The number of nitrogens with zero attached hydrogens (tertiary/aromatic N) is 6. The molecule has 0 aliphatic carbocycles. The Morgan fingerprint density at radius 1 is 1.15 bits per heavy atom. The summed E-state index contributed by atoms with van der Waals surface area (Å²) in [6, 6.07) is 9.19. The van der Waals surface area contributed by atoms with Crippen molar-refractivity contribution in [1.82, 2.24) is 19.7 Å². The first kappa shape index (κ1) is 24.0. The first-order valence-corrected chi connectivity index (χ1v) is 11.3. The summed E-state index contributed by atoms with van der Waals surface area (Å²) in [7, 11) is 3.59. The first-order valence-electron chi connectivity index (χ1n) is 10.5. The predicted molar refractivity (Wildman–Crippen MR) is 128 cm³/mol. The highest BCUT2D eigenvalue weighted by atomic mass is 35.5. The number of amides is 4. The Kier molecular flexibility index (Phi) is 6.49. The number of hydrogen-bond donors (Lipinski definition) is 0. The Balaban J connectivity index is 1.76. The summed E-state index contributed by atoms with van der Waals surface area (Å²) in [6.07, 6.45) is 0.185. The molecule has 2 aliphatic rings. The predicted octanol–water partition coefficient (Wildman–Crippen LogP) is 3.09. The smallest absolute Gasteiger partial charge is 0.332 e. The Morgan fingerprint density at radius 2 is 1.79 bits per heavy atom. The van der Waals surface area contributed by atoms with Crippen molar-refractivity contribution in [3.05, 3.63) is 63.7 Å². The summed E-state index contributed by atoms with van der Waals surface area (Å²) < 4.78 is 0. The number of imide groups is 1.